The van der Waals surface area contributed by atoms with E-state index in [0.29, 0.717) is 6.61 Å². The van der Waals surface area contributed by atoms with Crippen molar-refractivity contribution >= 4 is 22.6 Å². The normalized spacial score (nSPS) is 10.3. The summed E-state index contributed by atoms with van der Waals surface area (Å²) in [5.74, 6) is 1.28. The van der Waals surface area contributed by atoms with Gasteiger partial charge in [-0.15, -0.1) is 0 Å². The molecule has 1 heterocycles. The number of carbonyl (C=O) groups excluding carboxylic acids is 1. The average Bonchev–Trinajstić information content (AvgIpc) is 2.46. The zero-order valence-corrected chi connectivity index (χ0v) is 11.9. The third-order valence-corrected chi connectivity index (χ3v) is 2.98. The highest BCUT2D eigenvalue weighted by atomic mass is 16.5. The predicted molar refractivity (Wildman–Crippen MR) is 78.2 cm³/mol. The average molecular weight is 274 g/mol. The van der Waals surface area contributed by atoms with E-state index in [1.54, 1.807) is 25.1 Å². The van der Waals surface area contributed by atoms with Crippen LogP contribution in [0.3, 0.4) is 0 Å². The molecule has 0 radical (unpaired) electrons. The van der Waals surface area contributed by atoms with Crippen molar-refractivity contribution in [3.8, 4) is 5.75 Å². The summed E-state index contributed by atoms with van der Waals surface area (Å²) in [6, 6.07) is 7.68. The fourth-order valence-corrected chi connectivity index (χ4v) is 2.05. The van der Waals surface area contributed by atoms with Gasteiger partial charge < -0.3 is 14.4 Å². The molecule has 0 amide bonds. The van der Waals surface area contributed by atoms with Gasteiger partial charge in [0.25, 0.3) is 0 Å². The Bertz CT molecular complexity index is 613. The number of aromatic nitrogens is 1. The van der Waals surface area contributed by atoms with Crippen molar-refractivity contribution < 1.29 is 14.3 Å². The molecule has 5 nitrogen and oxygen atoms in total. The minimum absolute atomic E-state index is 0.173. The van der Waals surface area contributed by atoms with Crippen LogP contribution in [0.2, 0.25) is 0 Å². The number of anilines is 1. The Hall–Kier alpha value is -2.30. The second-order valence-corrected chi connectivity index (χ2v) is 4.38. The maximum atomic E-state index is 11.6. The molecule has 1 aromatic carbocycles. The Balaban J connectivity index is 2.31. The van der Waals surface area contributed by atoms with Gasteiger partial charge in [0, 0.05) is 18.6 Å². The van der Waals surface area contributed by atoms with Gasteiger partial charge in [-0.3, -0.25) is 4.79 Å². The molecule has 0 aliphatic rings. The Morgan fingerprint density at radius 1 is 1.35 bits per heavy atom. The van der Waals surface area contributed by atoms with E-state index in [9.17, 15) is 4.79 Å². The van der Waals surface area contributed by atoms with Crippen LogP contribution in [0.4, 0.5) is 5.82 Å². The number of pyridine rings is 1. The van der Waals surface area contributed by atoms with Crippen LogP contribution < -0.4 is 9.64 Å². The lowest BCUT2D eigenvalue weighted by Crippen LogP contribution is -2.27. The number of benzene rings is 1. The molecule has 1 aromatic heterocycles. The number of methoxy groups -OCH3 is 1. The van der Waals surface area contributed by atoms with E-state index in [2.05, 4.69) is 4.98 Å². The molecular weight excluding hydrogens is 256 g/mol. The summed E-state index contributed by atoms with van der Waals surface area (Å²) in [6.45, 7) is 2.35. The summed E-state index contributed by atoms with van der Waals surface area (Å²) in [5, 5.41) is 1.99. The first kappa shape index (κ1) is 14.1. The number of hydrogen-bond acceptors (Lipinski definition) is 5. The number of ether oxygens (including phenoxy) is 2. The highest BCUT2D eigenvalue weighted by molar-refractivity contribution is 5.94. The summed E-state index contributed by atoms with van der Waals surface area (Å²) in [6.07, 6.45) is 1.72. The van der Waals surface area contributed by atoms with Gasteiger partial charge in [0.2, 0.25) is 0 Å². The minimum Gasteiger partial charge on any atom is -0.497 e. The van der Waals surface area contributed by atoms with Crippen molar-refractivity contribution in [2.24, 2.45) is 0 Å². The van der Waals surface area contributed by atoms with Gasteiger partial charge in [-0.1, -0.05) is 0 Å². The Kier molecular flexibility index (Phi) is 4.40. The highest BCUT2D eigenvalue weighted by Crippen LogP contribution is 2.26. The van der Waals surface area contributed by atoms with E-state index < -0.39 is 0 Å². The van der Waals surface area contributed by atoms with Gasteiger partial charge in [-0.2, -0.15) is 0 Å². The van der Waals surface area contributed by atoms with Gasteiger partial charge >= 0.3 is 5.97 Å². The summed E-state index contributed by atoms with van der Waals surface area (Å²) in [7, 11) is 3.46. The quantitative estimate of drug-likeness (QED) is 0.783. The van der Waals surface area contributed by atoms with E-state index in [1.165, 1.54) is 0 Å². The zero-order valence-electron chi connectivity index (χ0n) is 11.9. The highest BCUT2D eigenvalue weighted by Gasteiger charge is 2.12. The molecule has 2 aromatic rings. The van der Waals surface area contributed by atoms with E-state index in [1.807, 2.05) is 31.3 Å². The molecule has 0 fully saturated rings. The molecule has 0 saturated heterocycles. The van der Waals surface area contributed by atoms with Gasteiger partial charge in [0.05, 0.1) is 13.7 Å². The van der Waals surface area contributed by atoms with Gasteiger partial charge in [0.1, 0.15) is 18.1 Å². The lowest BCUT2D eigenvalue weighted by atomic mass is 10.1. The van der Waals surface area contributed by atoms with Crippen LogP contribution in [0.15, 0.2) is 30.5 Å². The zero-order chi connectivity index (χ0) is 14.5. The van der Waals surface area contributed by atoms with Crippen LogP contribution in [-0.2, 0) is 9.53 Å². The van der Waals surface area contributed by atoms with Crippen molar-refractivity contribution in [2.45, 2.75) is 6.92 Å². The number of likely N-dealkylation sites (N-methyl/N-ethyl adjacent to an activating group) is 1. The van der Waals surface area contributed by atoms with E-state index in [4.69, 9.17) is 9.47 Å². The fourth-order valence-electron chi connectivity index (χ4n) is 2.05. The SMILES string of the molecule is CCOC(=O)CN(C)c1nccc2cc(OC)ccc12. The molecule has 0 atom stereocenters. The number of esters is 1. The van der Waals surface area contributed by atoms with Crippen LogP contribution in [0, 0.1) is 0 Å². The smallest absolute Gasteiger partial charge is 0.325 e. The summed E-state index contributed by atoms with van der Waals surface area (Å²) in [5.41, 5.74) is 0. The van der Waals surface area contributed by atoms with Crippen LogP contribution >= 0.6 is 0 Å². The van der Waals surface area contributed by atoms with E-state index in [0.717, 1.165) is 22.3 Å². The molecule has 106 valence electrons. The number of rotatable bonds is 5. The molecular formula is C15H18N2O3. The molecule has 0 bridgehead atoms. The minimum atomic E-state index is -0.262. The standard InChI is InChI=1S/C15H18N2O3/c1-4-20-14(18)10-17(2)15-13-6-5-12(19-3)9-11(13)7-8-16-15/h5-9H,4,10H2,1-3H3. The molecule has 0 saturated carbocycles. The monoisotopic (exact) mass is 274 g/mol. The van der Waals surface area contributed by atoms with Crippen LogP contribution in [0.25, 0.3) is 10.8 Å². The van der Waals surface area contributed by atoms with Crippen molar-refractivity contribution in [1.82, 2.24) is 4.98 Å². The topological polar surface area (TPSA) is 51.7 Å². The summed E-state index contributed by atoms with van der Waals surface area (Å²) >= 11 is 0. The molecule has 5 heteroatoms. The summed E-state index contributed by atoms with van der Waals surface area (Å²) < 4.78 is 10.2. The second kappa shape index (κ2) is 6.23. The maximum Gasteiger partial charge on any atom is 0.325 e. The largest absolute Gasteiger partial charge is 0.497 e. The lowest BCUT2D eigenvalue weighted by Gasteiger charge is -2.19. The first-order chi connectivity index (χ1) is 9.65. The molecule has 2 rings (SSSR count). The van der Waals surface area contributed by atoms with Gasteiger partial charge in [0.15, 0.2) is 0 Å². The molecule has 0 N–H and O–H groups in total. The predicted octanol–water partition coefficient (Wildman–Crippen LogP) is 2.24. The maximum absolute atomic E-state index is 11.6. The third-order valence-electron chi connectivity index (χ3n) is 2.98. The van der Waals surface area contributed by atoms with E-state index >= 15 is 0 Å². The van der Waals surface area contributed by atoms with Gasteiger partial charge in [-0.05, 0) is 36.6 Å². The number of hydrogen-bond donors (Lipinski definition) is 0. The Labute approximate surface area is 118 Å². The molecule has 0 unspecified atom stereocenters. The molecule has 0 spiro atoms. The van der Waals surface area contributed by atoms with Crippen LogP contribution in [0.5, 0.6) is 5.75 Å². The van der Waals surface area contributed by atoms with Crippen molar-refractivity contribution in [3.63, 3.8) is 0 Å². The molecule has 0 aliphatic carbocycles. The van der Waals surface area contributed by atoms with Crippen LogP contribution in [0.1, 0.15) is 6.92 Å². The number of carbonyl (C=O) groups is 1. The van der Waals surface area contributed by atoms with Crippen LogP contribution in [-0.4, -0.2) is 38.3 Å². The summed E-state index contributed by atoms with van der Waals surface area (Å²) in [4.78, 5) is 17.7. The second-order valence-electron chi connectivity index (χ2n) is 4.38. The molecule has 0 aliphatic heterocycles. The van der Waals surface area contributed by atoms with Crippen molar-refractivity contribution in [2.75, 3.05) is 32.2 Å². The van der Waals surface area contributed by atoms with Crippen molar-refractivity contribution in [1.29, 1.82) is 0 Å². The number of nitrogens with zero attached hydrogens (tertiary/aromatic N) is 2. The lowest BCUT2D eigenvalue weighted by molar-refractivity contribution is -0.141. The van der Waals surface area contributed by atoms with Crippen molar-refractivity contribution in [3.05, 3.63) is 30.5 Å². The first-order valence-corrected chi connectivity index (χ1v) is 6.45. The first-order valence-electron chi connectivity index (χ1n) is 6.45. The fraction of sp³-hybridized carbons (Fsp3) is 0.333. The Morgan fingerprint density at radius 2 is 2.15 bits per heavy atom. The van der Waals surface area contributed by atoms with E-state index in [-0.39, 0.29) is 12.5 Å². The molecule has 20 heavy (non-hydrogen) atoms. The Morgan fingerprint density at radius 3 is 2.85 bits per heavy atom. The third kappa shape index (κ3) is 2.99. The van der Waals surface area contributed by atoms with Gasteiger partial charge in [-0.25, -0.2) is 4.98 Å². The number of fused-ring (bicyclic) bond motifs is 1.